The minimum atomic E-state index is -1.12. The van der Waals surface area contributed by atoms with Gasteiger partial charge in [0, 0.05) is 28.6 Å². The first-order chi connectivity index (χ1) is 18.6. The first-order valence-corrected chi connectivity index (χ1v) is 13.5. The number of benzene rings is 2. The number of carbonyl (C=O) groups is 4. The van der Waals surface area contributed by atoms with Gasteiger partial charge in [0.05, 0.1) is 6.04 Å². The molecule has 2 aliphatic heterocycles. The lowest BCUT2D eigenvalue weighted by molar-refractivity contribution is -0.144. The van der Waals surface area contributed by atoms with Crippen LogP contribution in [0.2, 0.25) is 0 Å². The van der Waals surface area contributed by atoms with Gasteiger partial charge in [-0.2, -0.15) is 0 Å². The van der Waals surface area contributed by atoms with Crippen LogP contribution < -0.4 is 10.6 Å². The van der Waals surface area contributed by atoms with E-state index in [9.17, 15) is 24.3 Å². The van der Waals surface area contributed by atoms with Crippen LogP contribution in [0.1, 0.15) is 67.3 Å². The summed E-state index contributed by atoms with van der Waals surface area (Å²) >= 11 is 0. The van der Waals surface area contributed by atoms with Gasteiger partial charge in [0.15, 0.2) is 0 Å². The van der Waals surface area contributed by atoms with Crippen LogP contribution >= 0.6 is 0 Å². The van der Waals surface area contributed by atoms with Crippen molar-refractivity contribution in [1.29, 1.82) is 0 Å². The fraction of sp³-hybridized carbons (Fsp3) is 0.400. The fourth-order valence-corrected chi connectivity index (χ4v) is 5.85. The molecule has 5 atom stereocenters. The molecule has 0 saturated heterocycles. The number of hydrogen-bond donors (Lipinski definition) is 4. The average Bonchev–Trinajstić information content (AvgIpc) is 3.44. The van der Waals surface area contributed by atoms with Gasteiger partial charge in [-0.3, -0.25) is 14.4 Å². The quantitative estimate of drug-likeness (QED) is 0.355. The molecule has 1 aromatic heterocycles. The third kappa shape index (κ3) is 4.45. The van der Waals surface area contributed by atoms with Crippen molar-refractivity contribution < 1.29 is 24.3 Å². The van der Waals surface area contributed by atoms with Crippen molar-refractivity contribution in [3.63, 3.8) is 0 Å². The number of aromatic nitrogens is 1. The van der Waals surface area contributed by atoms with Gasteiger partial charge in [0.2, 0.25) is 11.8 Å². The molecule has 3 aromatic rings. The molecular formula is C30H34N4O5. The van der Waals surface area contributed by atoms with Crippen LogP contribution in [0.4, 0.5) is 0 Å². The van der Waals surface area contributed by atoms with Gasteiger partial charge in [-0.05, 0) is 35.1 Å². The molecule has 0 unspecified atom stereocenters. The molecule has 0 saturated carbocycles. The first kappa shape index (κ1) is 26.5. The minimum Gasteiger partial charge on any atom is -0.480 e. The summed E-state index contributed by atoms with van der Waals surface area (Å²) in [6, 6.07) is 11.9. The normalized spacial score (nSPS) is 20.1. The van der Waals surface area contributed by atoms with Crippen molar-refractivity contribution in [2.75, 3.05) is 0 Å². The molecule has 0 aliphatic carbocycles. The Morgan fingerprint density at radius 3 is 2.41 bits per heavy atom. The molecule has 5 rings (SSSR count). The monoisotopic (exact) mass is 530 g/mol. The lowest BCUT2D eigenvalue weighted by Crippen LogP contribution is -2.59. The second-order valence-electron chi connectivity index (χ2n) is 10.9. The van der Waals surface area contributed by atoms with Crippen molar-refractivity contribution in [2.45, 2.75) is 64.7 Å². The summed E-state index contributed by atoms with van der Waals surface area (Å²) in [5, 5.41) is 16.1. The third-order valence-electron chi connectivity index (χ3n) is 8.18. The van der Waals surface area contributed by atoms with Crippen molar-refractivity contribution in [1.82, 2.24) is 20.5 Å². The Morgan fingerprint density at radius 2 is 1.72 bits per heavy atom. The van der Waals surface area contributed by atoms with Crippen molar-refractivity contribution in [2.24, 2.45) is 11.8 Å². The van der Waals surface area contributed by atoms with E-state index in [0.29, 0.717) is 18.4 Å². The van der Waals surface area contributed by atoms with E-state index < -0.39 is 42.0 Å². The summed E-state index contributed by atoms with van der Waals surface area (Å²) in [5.74, 6) is -2.93. The van der Waals surface area contributed by atoms with Gasteiger partial charge in [-0.25, -0.2) is 4.79 Å². The van der Waals surface area contributed by atoms with E-state index in [-0.39, 0.29) is 17.7 Å². The average molecular weight is 531 g/mol. The SMILES string of the molecule is CC[C@@H](C)[C@H](NC(=O)[C@@H](NC(=O)[C@@H]1Cc2c([nH]c3ccccc23)[C@H]2c3ccccc3C(=O)N21)C(C)C)C(=O)O. The lowest BCUT2D eigenvalue weighted by atomic mass is 9.89. The Labute approximate surface area is 227 Å². The highest BCUT2D eigenvalue weighted by atomic mass is 16.4. The summed E-state index contributed by atoms with van der Waals surface area (Å²) in [7, 11) is 0. The molecule has 9 nitrogen and oxygen atoms in total. The maximum absolute atomic E-state index is 13.9. The zero-order valence-electron chi connectivity index (χ0n) is 22.5. The first-order valence-electron chi connectivity index (χ1n) is 13.5. The lowest BCUT2D eigenvalue weighted by Gasteiger charge is -2.38. The second kappa shape index (κ2) is 10.2. The van der Waals surface area contributed by atoms with Gasteiger partial charge >= 0.3 is 5.97 Å². The van der Waals surface area contributed by atoms with Crippen LogP contribution in [-0.4, -0.2) is 56.8 Å². The number of carbonyl (C=O) groups excluding carboxylic acids is 3. The van der Waals surface area contributed by atoms with E-state index in [4.69, 9.17) is 0 Å². The Hall–Kier alpha value is -4.14. The third-order valence-corrected chi connectivity index (χ3v) is 8.18. The highest BCUT2D eigenvalue weighted by Crippen LogP contribution is 2.46. The molecule has 0 fully saturated rings. The van der Waals surface area contributed by atoms with Crippen molar-refractivity contribution in [3.8, 4) is 0 Å². The van der Waals surface area contributed by atoms with Crippen LogP contribution in [0.15, 0.2) is 48.5 Å². The molecule has 39 heavy (non-hydrogen) atoms. The number of carboxylic acid groups (broad SMARTS) is 1. The Balaban J connectivity index is 1.49. The van der Waals surface area contributed by atoms with Gasteiger partial charge in [0.25, 0.3) is 5.91 Å². The number of nitrogens with zero attached hydrogens (tertiary/aromatic N) is 1. The maximum atomic E-state index is 13.9. The number of hydrogen-bond acceptors (Lipinski definition) is 4. The van der Waals surface area contributed by atoms with E-state index in [1.54, 1.807) is 31.7 Å². The maximum Gasteiger partial charge on any atom is 0.326 e. The molecule has 2 aromatic carbocycles. The number of rotatable bonds is 8. The largest absolute Gasteiger partial charge is 0.480 e. The van der Waals surface area contributed by atoms with Crippen LogP contribution in [0, 0.1) is 11.8 Å². The molecule has 0 spiro atoms. The van der Waals surface area contributed by atoms with Crippen molar-refractivity contribution >= 4 is 34.6 Å². The van der Waals surface area contributed by atoms with Crippen LogP contribution in [0.25, 0.3) is 10.9 Å². The molecular weight excluding hydrogens is 496 g/mol. The van der Waals surface area contributed by atoms with E-state index in [1.807, 2.05) is 49.4 Å². The highest BCUT2D eigenvalue weighted by molar-refractivity contribution is 6.04. The summed E-state index contributed by atoms with van der Waals surface area (Å²) in [6.45, 7) is 7.21. The van der Waals surface area contributed by atoms with E-state index in [1.165, 1.54) is 0 Å². The van der Waals surface area contributed by atoms with E-state index >= 15 is 0 Å². The number of para-hydroxylation sites is 1. The zero-order chi connectivity index (χ0) is 28.0. The molecule has 3 amide bonds. The fourth-order valence-electron chi connectivity index (χ4n) is 5.85. The van der Waals surface area contributed by atoms with Crippen LogP contribution in [0.5, 0.6) is 0 Å². The number of nitrogens with one attached hydrogen (secondary N) is 3. The Morgan fingerprint density at radius 1 is 1.03 bits per heavy atom. The number of fused-ring (bicyclic) bond motifs is 7. The molecule has 204 valence electrons. The molecule has 4 N–H and O–H groups in total. The standard InChI is InChI=1S/C30H34N4O5/c1-5-16(4)24(30(38)39)33-28(36)23(15(2)3)32-27(35)22-14-20-17-10-8-9-13-21(17)31-25(20)26-18-11-6-7-12-19(18)29(37)34(22)26/h6-13,15-16,22-24,26,31H,5,14H2,1-4H3,(H,32,35)(H,33,36)(H,38,39)/t16-,22+,23+,24+,26-/m1/s1. The Kier molecular flexibility index (Phi) is 6.92. The summed E-state index contributed by atoms with van der Waals surface area (Å²) in [4.78, 5) is 57.8. The van der Waals surface area contributed by atoms with Gasteiger partial charge < -0.3 is 25.6 Å². The number of aliphatic carboxylic acids is 1. The predicted molar refractivity (Wildman–Crippen MR) is 146 cm³/mol. The molecule has 3 heterocycles. The van der Waals surface area contributed by atoms with Crippen molar-refractivity contribution in [3.05, 3.63) is 70.9 Å². The number of carboxylic acids is 1. The molecule has 0 radical (unpaired) electrons. The summed E-state index contributed by atoms with van der Waals surface area (Å²) in [6.07, 6.45) is 0.864. The van der Waals surface area contributed by atoms with E-state index in [0.717, 1.165) is 27.7 Å². The smallest absolute Gasteiger partial charge is 0.326 e. The molecule has 2 aliphatic rings. The van der Waals surface area contributed by atoms with Gasteiger partial charge in [-0.1, -0.05) is 70.5 Å². The van der Waals surface area contributed by atoms with Gasteiger partial charge in [0.1, 0.15) is 18.1 Å². The summed E-state index contributed by atoms with van der Waals surface area (Å²) < 4.78 is 0. The number of amides is 3. The zero-order valence-corrected chi connectivity index (χ0v) is 22.5. The van der Waals surface area contributed by atoms with Gasteiger partial charge in [-0.15, -0.1) is 0 Å². The molecule has 9 heteroatoms. The highest BCUT2D eigenvalue weighted by Gasteiger charge is 2.49. The Bertz CT molecular complexity index is 1460. The number of aromatic amines is 1. The molecule has 0 bridgehead atoms. The number of H-pyrrole nitrogens is 1. The second-order valence-corrected chi connectivity index (χ2v) is 10.9. The summed E-state index contributed by atoms with van der Waals surface area (Å²) in [5.41, 5.74) is 4.20. The van der Waals surface area contributed by atoms with Crippen LogP contribution in [0.3, 0.4) is 0 Å². The minimum absolute atomic E-state index is 0.228. The van der Waals surface area contributed by atoms with E-state index in [2.05, 4.69) is 15.6 Å². The van der Waals surface area contributed by atoms with Crippen LogP contribution in [-0.2, 0) is 20.8 Å². The predicted octanol–water partition coefficient (Wildman–Crippen LogP) is 3.39. The topological polar surface area (TPSA) is 132 Å².